The highest BCUT2D eigenvalue weighted by atomic mass is 32.2. The zero-order valence-corrected chi connectivity index (χ0v) is 26.2. The Kier molecular flexibility index (Phi) is 12.6. The highest BCUT2D eigenvalue weighted by molar-refractivity contribution is 7.85. The fraction of sp³-hybridized carbons (Fsp3) is 0.400. The molecule has 14 nitrogen and oxygen atoms in total. The third-order valence-corrected chi connectivity index (χ3v) is 8.67. The highest BCUT2D eigenvalue weighted by Gasteiger charge is 2.27. The van der Waals surface area contributed by atoms with Gasteiger partial charge >= 0.3 is 0 Å². The van der Waals surface area contributed by atoms with Gasteiger partial charge in [-0.3, -0.25) is 25.1 Å². The van der Waals surface area contributed by atoms with Crippen LogP contribution >= 0.6 is 0 Å². The second kappa shape index (κ2) is 16.1. The van der Waals surface area contributed by atoms with Crippen LogP contribution in [0.1, 0.15) is 18.4 Å². The summed E-state index contributed by atoms with van der Waals surface area (Å²) in [5.41, 5.74) is 2.37. The van der Waals surface area contributed by atoms with Crippen LogP contribution in [0, 0.1) is 27.2 Å². The standard InChI is InChI=1S/C23H33N6O4.C7H8O4S/c1-29(17-3-13-25-21-6-10-23(11-7-21)28(32)33)18-15-26(16-19-29)14-2-12-24-20-4-8-22(9-5-20)27(30)31;1-5-2-3-6(8)4-7(5)12(9,10)11/h4-11,24-25H,2-3,12-19H2,1H3;2-4,8H,1H3,(H,9,10,11)/q+1;/p-1. The predicted molar refractivity (Wildman–Crippen MR) is 170 cm³/mol. The maximum absolute atomic E-state index is 10.7. The number of nitro benzene ring substituents is 2. The van der Waals surface area contributed by atoms with E-state index in [1.807, 2.05) is 0 Å². The van der Waals surface area contributed by atoms with Crippen molar-refractivity contribution in [3.63, 3.8) is 0 Å². The molecular formula is C30H40N6O8S. The third kappa shape index (κ3) is 11.6. The summed E-state index contributed by atoms with van der Waals surface area (Å²) >= 11 is 0. The van der Waals surface area contributed by atoms with Gasteiger partial charge < -0.3 is 24.8 Å². The topological polar surface area (TPSA) is 191 Å². The molecule has 1 heterocycles. The van der Waals surface area contributed by atoms with E-state index in [0.29, 0.717) is 5.56 Å². The van der Waals surface area contributed by atoms with E-state index >= 15 is 0 Å². The summed E-state index contributed by atoms with van der Waals surface area (Å²) in [5.74, 6) is -0.227. The Hall–Kier alpha value is -4.31. The van der Waals surface area contributed by atoms with Crippen LogP contribution in [0.25, 0.3) is 0 Å². The molecule has 0 atom stereocenters. The molecule has 0 aliphatic carbocycles. The average molecular weight is 645 g/mol. The van der Waals surface area contributed by atoms with E-state index in [0.717, 1.165) is 87.1 Å². The average Bonchev–Trinajstić information content (AvgIpc) is 3.00. The first-order chi connectivity index (χ1) is 21.3. The van der Waals surface area contributed by atoms with Crippen LogP contribution in [-0.2, 0) is 10.1 Å². The molecule has 1 fully saturated rings. The molecule has 3 aromatic carbocycles. The Morgan fingerprint density at radius 3 is 1.78 bits per heavy atom. The fourth-order valence-electron chi connectivity index (χ4n) is 4.93. The number of quaternary nitrogens is 1. The molecular weight excluding hydrogens is 604 g/mol. The van der Waals surface area contributed by atoms with Crippen LogP contribution in [0.15, 0.2) is 71.6 Å². The first-order valence-electron chi connectivity index (χ1n) is 14.5. The minimum absolute atomic E-state index is 0.108. The molecule has 1 aliphatic heterocycles. The zero-order chi connectivity index (χ0) is 33.0. The molecule has 244 valence electrons. The molecule has 1 saturated heterocycles. The molecule has 0 spiro atoms. The van der Waals surface area contributed by atoms with Gasteiger partial charge in [0, 0.05) is 74.8 Å². The van der Waals surface area contributed by atoms with Gasteiger partial charge in [-0.05, 0) is 55.3 Å². The van der Waals surface area contributed by atoms with Crippen molar-refractivity contribution in [1.82, 2.24) is 4.90 Å². The van der Waals surface area contributed by atoms with Crippen molar-refractivity contribution in [1.29, 1.82) is 0 Å². The number of anilines is 2. The van der Waals surface area contributed by atoms with Gasteiger partial charge in [0.15, 0.2) is 0 Å². The van der Waals surface area contributed by atoms with Crippen molar-refractivity contribution in [3.05, 3.63) is 92.5 Å². The lowest BCUT2D eigenvalue weighted by Gasteiger charge is -2.42. The summed E-state index contributed by atoms with van der Waals surface area (Å²) in [7, 11) is -2.15. The molecule has 0 aromatic heterocycles. The summed E-state index contributed by atoms with van der Waals surface area (Å²) in [6.45, 7) is 9.77. The smallest absolute Gasteiger partial charge is 0.269 e. The molecule has 3 N–H and O–H groups in total. The lowest BCUT2D eigenvalue weighted by atomic mass is 10.2. The summed E-state index contributed by atoms with van der Waals surface area (Å²) in [4.78, 5) is 22.8. The van der Waals surface area contributed by atoms with Gasteiger partial charge in [-0.1, -0.05) is 6.07 Å². The summed E-state index contributed by atoms with van der Waals surface area (Å²) in [6, 6.07) is 16.7. The molecule has 0 unspecified atom stereocenters. The fourth-order valence-corrected chi connectivity index (χ4v) is 5.65. The number of likely N-dealkylation sites (N-methyl/N-ethyl adjacent to an activating group) is 1. The van der Waals surface area contributed by atoms with E-state index in [4.69, 9.17) is 5.11 Å². The van der Waals surface area contributed by atoms with E-state index in [1.54, 1.807) is 24.3 Å². The molecule has 15 heteroatoms. The van der Waals surface area contributed by atoms with Crippen molar-refractivity contribution in [2.45, 2.75) is 24.7 Å². The summed E-state index contributed by atoms with van der Waals surface area (Å²) in [6.07, 6.45) is 2.08. The minimum Gasteiger partial charge on any atom is -0.744 e. The summed E-state index contributed by atoms with van der Waals surface area (Å²) < 4.78 is 32.7. The van der Waals surface area contributed by atoms with E-state index < -0.39 is 10.1 Å². The van der Waals surface area contributed by atoms with Crippen LogP contribution in [0.4, 0.5) is 22.7 Å². The summed E-state index contributed by atoms with van der Waals surface area (Å²) in [5, 5.41) is 37.0. The number of piperazine rings is 1. The van der Waals surface area contributed by atoms with Crippen LogP contribution < -0.4 is 10.6 Å². The maximum atomic E-state index is 10.7. The zero-order valence-electron chi connectivity index (χ0n) is 25.4. The van der Waals surface area contributed by atoms with Crippen molar-refractivity contribution >= 4 is 32.9 Å². The second-order valence-electron chi connectivity index (χ2n) is 11.2. The van der Waals surface area contributed by atoms with Gasteiger partial charge in [0.2, 0.25) is 0 Å². The number of hydrogen-bond acceptors (Lipinski definition) is 11. The number of aryl methyl sites for hydroxylation is 1. The van der Waals surface area contributed by atoms with E-state index in [2.05, 4.69) is 22.6 Å². The number of aromatic hydroxyl groups is 1. The Morgan fingerprint density at radius 1 is 0.844 bits per heavy atom. The molecule has 1 aliphatic rings. The first-order valence-corrected chi connectivity index (χ1v) is 15.9. The monoisotopic (exact) mass is 644 g/mol. The maximum Gasteiger partial charge on any atom is 0.269 e. The van der Waals surface area contributed by atoms with E-state index in [9.17, 15) is 33.2 Å². The van der Waals surface area contributed by atoms with Crippen molar-refractivity contribution in [2.24, 2.45) is 0 Å². The largest absolute Gasteiger partial charge is 0.744 e. The predicted octanol–water partition coefficient (Wildman–Crippen LogP) is 4.17. The number of nitrogens with zero attached hydrogens (tertiary/aromatic N) is 4. The Balaban J connectivity index is 0.000000385. The Bertz CT molecular complexity index is 1530. The van der Waals surface area contributed by atoms with Gasteiger partial charge in [-0.15, -0.1) is 0 Å². The Labute approximate surface area is 262 Å². The number of rotatable bonds is 13. The number of phenols is 1. The van der Waals surface area contributed by atoms with Crippen LogP contribution in [-0.4, -0.2) is 96.7 Å². The first kappa shape index (κ1) is 35.2. The lowest BCUT2D eigenvalue weighted by molar-refractivity contribution is -0.913. The number of nitro groups is 2. The van der Waals surface area contributed by atoms with Crippen LogP contribution in [0.2, 0.25) is 0 Å². The second-order valence-corrected chi connectivity index (χ2v) is 12.6. The number of nitrogens with one attached hydrogen (secondary N) is 2. The molecule has 4 rings (SSSR count). The van der Waals surface area contributed by atoms with Gasteiger partial charge in [0.1, 0.15) is 15.9 Å². The molecule has 3 aromatic rings. The van der Waals surface area contributed by atoms with Crippen molar-refractivity contribution < 1.29 is 32.4 Å². The van der Waals surface area contributed by atoms with E-state index in [-0.39, 0.29) is 31.9 Å². The minimum atomic E-state index is -4.47. The van der Waals surface area contributed by atoms with Gasteiger partial charge in [-0.25, -0.2) is 8.42 Å². The Morgan fingerprint density at radius 2 is 1.33 bits per heavy atom. The van der Waals surface area contributed by atoms with Gasteiger partial charge in [-0.2, -0.15) is 0 Å². The number of benzene rings is 3. The number of non-ortho nitro benzene ring substituents is 2. The molecule has 45 heavy (non-hydrogen) atoms. The SMILES string of the molecule is C[N+]1(CCCNc2ccc([N+](=O)[O-])cc2)CCN(CCCNc2ccc([N+](=O)[O-])cc2)CC1.Cc1ccc(O)cc1S(=O)(=O)[O-]. The highest BCUT2D eigenvalue weighted by Crippen LogP contribution is 2.20. The molecule has 0 bridgehead atoms. The van der Waals surface area contributed by atoms with Gasteiger partial charge in [0.05, 0.1) is 41.4 Å². The lowest BCUT2D eigenvalue weighted by Crippen LogP contribution is -2.57. The third-order valence-electron chi connectivity index (χ3n) is 7.69. The quantitative estimate of drug-likeness (QED) is 0.0795. The molecule has 0 radical (unpaired) electrons. The number of hydrogen-bond donors (Lipinski definition) is 3. The van der Waals surface area contributed by atoms with Gasteiger partial charge in [0.25, 0.3) is 11.4 Å². The van der Waals surface area contributed by atoms with Crippen LogP contribution in [0.3, 0.4) is 0 Å². The molecule has 0 amide bonds. The van der Waals surface area contributed by atoms with E-state index in [1.165, 1.54) is 43.3 Å². The van der Waals surface area contributed by atoms with Crippen molar-refractivity contribution in [3.8, 4) is 5.75 Å². The number of phenolic OH excluding ortho intramolecular Hbond substituents is 1. The van der Waals surface area contributed by atoms with Crippen LogP contribution in [0.5, 0.6) is 5.75 Å². The molecule has 0 saturated carbocycles. The van der Waals surface area contributed by atoms with Crippen molar-refractivity contribution in [2.75, 3.05) is 70.0 Å². The normalized spacial score (nSPS) is 14.6.